The number of benzene rings is 3. The van der Waals surface area contributed by atoms with Crippen molar-refractivity contribution >= 4 is 49.4 Å². The topological polar surface area (TPSA) is 139 Å². The summed E-state index contributed by atoms with van der Waals surface area (Å²) in [5.41, 5.74) is 1.36. The van der Waals surface area contributed by atoms with Gasteiger partial charge in [0.25, 0.3) is 15.9 Å². The first kappa shape index (κ1) is 29.2. The Morgan fingerprint density at radius 2 is 1.68 bits per heavy atom. The van der Waals surface area contributed by atoms with Crippen molar-refractivity contribution in [2.75, 3.05) is 13.1 Å². The summed E-state index contributed by atoms with van der Waals surface area (Å²) < 4.78 is 33.0. The molecule has 3 heterocycles. The van der Waals surface area contributed by atoms with Gasteiger partial charge in [0.05, 0.1) is 12.6 Å². The molecule has 2 N–H and O–H groups in total. The van der Waals surface area contributed by atoms with Gasteiger partial charge in [-0.1, -0.05) is 66.7 Å². The molecule has 11 heteroatoms. The third-order valence-electron chi connectivity index (χ3n) is 7.70. The van der Waals surface area contributed by atoms with Gasteiger partial charge in [-0.2, -0.15) is 4.31 Å². The molecule has 0 aliphatic carbocycles. The number of nitrogens with zero attached hydrogens (tertiary/aromatic N) is 2. The van der Waals surface area contributed by atoms with E-state index in [0.717, 1.165) is 26.0 Å². The fourth-order valence-electron chi connectivity index (χ4n) is 5.39. The number of fused-ring (bicyclic) bond motifs is 2. The number of hydrogen-bond donors (Lipinski definition) is 2. The van der Waals surface area contributed by atoms with Crippen molar-refractivity contribution in [3.05, 3.63) is 109 Å². The van der Waals surface area contributed by atoms with Crippen molar-refractivity contribution < 1.29 is 27.2 Å². The number of rotatable bonds is 8. The minimum atomic E-state index is -3.98. The molecule has 2 aromatic heterocycles. The van der Waals surface area contributed by atoms with Crippen LogP contribution in [0.4, 0.5) is 0 Å². The third-order valence-corrected chi connectivity index (χ3v) is 9.47. The zero-order chi connectivity index (χ0) is 30.7. The Morgan fingerprint density at radius 3 is 2.45 bits per heavy atom. The number of ketones is 1. The SMILES string of the molecule is O=C(N[C@@H](Cc1ccc2ccccc2c1)C(=O)N[C@H]1CCCN(S(=O)(=O)c2ccccn2)CC1=O)c1cc2ccccc2o1. The van der Waals surface area contributed by atoms with Crippen LogP contribution in [0.3, 0.4) is 0 Å². The predicted octanol–water partition coefficient (Wildman–Crippen LogP) is 3.86. The summed E-state index contributed by atoms with van der Waals surface area (Å²) in [6.45, 7) is -0.287. The van der Waals surface area contributed by atoms with Crippen molar-refractivity contribution in [3.63, 3.8) is 0 Å². The molecule has 2 atom stereocenters. The van der Waals surface area contributed by atoms with Gasteiger partial charge in [0, 0.05) is 24.5 Å². The van der Waals surface area contributed by atoms with Crippen LogP contribution in [-0.2, 0) is 26.0 Å². The summed E-state index contributed by atoms with van der Waals surface area (Å²) in [7, 11) is -3.98. The van der Waals surface area contributed by atoms with Crippen molar-refractivity contribution in [3.8, 4) is 0 Å². The van der Waals surface area contributed by atoms with Crippen LogP contribution in [0.15, 0.2) is 107 Å². The molecule has 1 aliphatic heterocycles. The van der Waals surface area contributed by atoms with Gasteiger partial charge in [0.15, 0.2) is 16.6 Å². The number of hydrogen-bond acceptors (Lipinski definition) is 7. The average Bonchev–Trinajstić information content (AvgIpc) is 3.39. The van der Waals surface area contributed by atoms with E-state index < -0.39 is 46.2 Å². The summed E-state index contributed by atoms with van der Waals surface area (Å²) in [4.78, 5) is 44.2. The molecule has 0 saturated carbocycles. The highest BCUT2D eigenvalue weighted by atomic mass is 32.2. The number of amides is 2. The third kappa shape index (κ3) is 6.24. The summed E-state index contributed by atoms with van der Waals surface area (Å²) in [6, 6.07) is 25.0. The first-order chi connectivity index (χ1) is 21.3. The normalized spacial score (nSPS) is 16.8. The van der Waals surface area contributed by atoms with E-state index in [-0.39, 0.29) is 30.2 Å². The van der Waals surface area contributed by atoms with Gasteiger partial charge >= 0.3 is 0 Å². The van der Waals surface area contributed by atoms with E-state index in [4.69, 9.17) is 4.42 Å². The van der Waals surface area contributed by atoms with E-state index in [1.54, 1.807) is 30.3 Å². The molecule has 224 valence electrons. The Labute approximate surface area is 254 Å². The van der Waals surface area contributed by atoms with Crippen LogP contribution >= 0.6 is 0 Å². The maximum absolute atomic E-state index is 13.7. The molecule has 5 aromatic rings. The fraction of sp³-hybridized carbons (Fsp3) is 0.212. The molecule has 0 unspecified atom stereocenters. The molecule has 0 radical (unpaired) electrons. The highest BCUT2D eigenvalue weighted by Gasteiger charge is 2.35. The number of sulfonamides is 1. The minimum absolute atomic E-state index is 0.0587. The molecule has 1 aliphatic rings. The molecule has 3 aromatic carbocycles. The van der Waals surface area contributed by atoms with Crippen LogP contribution in [0.1, 0.15) is 29.0 Å². The lowest BCUT2D eigenvalue weighted by Crippen LogP contribution is -2.53. The second kappa shape index (κ2) is 12.4. The van der Waals surface area contributed by atoms with Gasteiger partial charge in [0.2, 0.25) is 5.91 Å². The van der Waals surface area contributed by atoms with E-state index in [1.165, 1.54) is 12.3 Å². The summed E-state index contributed by atoms with van der Waals surface area (Å²) in [5.74, 6) is -1.50. The van der Waals surface area contributed by atoms with Crippen molar-refractivity contribution in [2.45, 2.75) is 36.4 Å². The van der Waals surface area contributed by atoms with Crippen molar-refractivity contribution in [2.24, 2.45) is 0 Å². The van der Waals surface area contributed by atoms with Gasteiger partial charge < -0.3 is 15.1 Å². The molecule has 2 amide bonds. The Balaban J connectivity index is 1.21. The Bertz CT molecular complexity index is 1920. The Hall–Kier alpha value is -4.87. The zero-order valence-electron chi connectivity index (χ0n) is 23.7. The number of Topliss-reactive ketones (excluding diaryl/α,β-unsaturated/α-hetero) is 1. The second-order valence-electron chi connectivity index (χ2n) is 10.7. The Morgan fingerprint density at radius 1 is 0.932 bits per heavy atom. The van der Waals surface area contributed by atoms with Crippen molar-refractivity contribution in [1.82, 2.24) is 19.9 Å². The number of aromatic nitrogens is 1. The summed E-state index contributed by atoms with van der Waals surface area (Å²) in [5, 5.41) is 8.22. The molecule has 1 saturated heterocycles. The first-order valence-electron chi connectivity index (χ1n) is 14.3. The lowest BCUT2D eigenvalue weighted by atomic mass is 10.00. The van der Waals surface area contributed by atoms with Gasteiger partial charge in [-0.15, -0.1) is 0 Å². The standard InChI is InChI=1S/C33H30N4O6S/c38-28-21-37(44(41,42)31-13-5-6-16-34-31)17-7-11-26(28)35-32(39)27(19-22-14-15-23-8-1-2-9-24(23)18-22)36-33(40)30-20-25-10-3-4-12-29(25)43-30/h1-6,8-10,12-16,18,20,26-27H,7,11,17,19,21H2,(H,35,39)(H,36,40)/t26-,27-/m0/s1. The van der Waals surface area contributed by atoms with E-state index in [0.29, 0.717) is 12.0 Å². The number of carbonyl (C=O) groups excluding carboxylic acids is 3. The monoisotopic (exact) mass is 610 g/mol. The van der Waals surface area contributed by atoms with Gasteiger partial charge in [-0.05, 0) is 53.4 Å². The van der Waals surface area contributed by atoms with Crippen LogP contribution < -0.4 is 10.6 Å². The first-order valence-corrected chi connectivity index (χ1v) is 15.7. The molecule has 1 fully saturated rings. The number of para-hydroxylation sites is 1. The molecule has 44 heavy (non-hydrogen) atoms. The highest BCUT2D eigenvalue weighted by molar-refractivity contribution is 7.89. The number of pyridine rings is 1. The predicted molar refractivity (Wildman–Crippen MR) is 164 cm³/mol. The second-order valence-corrected chi connectivity index (χ2v) is 12.6. The van der Waals surface area contributed by atoms with E-state index in [9.17, 15) is 22.8 Å². The Kier molecular flexibility index (Phi) is 8.23. The van der Waals surface area contributed by atoms with Crippen LogP contribution in [0.5, 0.6) is 0 Å². The number of furan rings is 1. The maximum atomic E-state index is 13.7. The van der Waals surface area contributed by atoms with Crippen LogP contribution in [0.25, 0.3) is 21.7 Å². The summed E-state index contributed by atoms with van der Waals surface area (Å²) >= 11 is 0. The quantitative estimate of drug-likeness (QED) is 0.272. The van der Waals surface area contributed by atoms with Crippen LogP contribution in [0.2, 0.25) is 0 Å². The van der Waals surface area contributed by atoms with Gasteiger partial charge in [-0.25, -0.2) is 13.4 Å². The largest absolute Gasteiger partial charge is 0.451 e. The summed E-state index contributed by atoms with van der Waals surface area (Å²) in [6.07, 6.45) is 2.14. The van der Waals surface area contributed by atoms with E-state index in [1.807, 2.05) is 54.6 Å². The zero-order valence-corrected chi connectivity index (χ0v) is 24.5. The minimum Gasteiger partial charge on any atom is -0.451 e. The highest BCUT2D eigenvalue weighted by Crippen LogP contribution is 2.21. The average molecular weight is 611 g/mol. The lowest BCUT2D eigenvalue weighted by Gasteiger charge is -2.22. The molecule has 0 spiro atoms. The van der Waals surface area contributed by atoms with Gasteiger partial charge in [0.1, 0.15) is 11.6 Å². The molecule has 10 nitrogen and oxygen atoms in total. The lowest BCUT2D eigenvalue weighted by molar-refractivity contribution is -0.128. The van der Waals surface area contributed by atoms with Crippen LogP contribution in [0, 0.1) is 0 Å². The number of nitrogens with one attached hydrogen (secondary N) is 2. The van der Waals surface area contributed by atoms with Crippen molar-refractivity contribution in [1.29, 1.82) is 0 Å². The maximum Gasteiger partial charge on any atom is 0.287 e. The van der Waals surface area contributed by atoms with E-state index in [2.05, 4.69) is 15.6 Å². The van der Waals surface area contributed by atoms with Gasteiger partial charge in [-0.3, -0.25) is 14.4 Å². The van der Waals surface area contributed by atoms with E-state index >= 15 is 0 Å². The van der Waals surface area contributed by atoms with Crippen LogP contribution in [-0.4, -0.2) is 60.5 Å². The molecular formula is C33H30N4O6S. The number of carbonyl (C=O) groups is 3. The molecule has 6 rings (SSSR count). The fourth-order valence-corrected chi connectivity index (χ4v) is 6.77. The smallest absolute Gasteiger partial charge is 0.287 e. The molecular weight excluding hydrogens is 580 g/mol. The molecule has 0 bridgehead atoms.